The van der Waals surface area contributed by atoms with Crippen LogP contribution in [0, 0.1) is 0 Å². The van der Waals surface area contributed by atoms with E-state index in [0.717, 1.165) is 0 Å². The number of nitrogens with two attached hydrogens (primary N) is 1. The Kier molecular flexibility index (Phi) is 1.75. The van der Waals surface area contributed by atoms with Gasteiger partial charge in [-0.1, -0.05) is 11.6 Å². The van der Waals surface area contributed by atoms with Crippen LogP contribution < -0.4 is 16.8 Å². The summed E-state index contributed by atoms with van der Waals surface area (Å²) in [7, 11) is 0. The van der Waals surface area contributed by atoms with E-state index in [0.29, 0.717) is 22.5 Å². The molecule has 6 nitrogen and oxygen atoms in total. The lowest BCUT2D eigenvalue weighted by Crippen LogP contribution is -2.29. The molecular formula is C9H6ClN5O. The van der Waals surface area contributed by atoms with Crippen LogP contribution in [0.25, 0.3) is 11.9 Å². The van der Waals surface area contributed by atoms with Crippen molar-refractivity contribution in [3.63, 3.8) is 0 Å². The van der Waals surface area contributed by atoms with Crippen molar-refractivity contribution in [2.45, 2.75) is 6.42 Å². The maximum Gasteiger partial charge on any atom is 0.358 e. The highest BCUT2D eigenvalue weighted by molar-refractivity contribution is 6.30. The Bertz CT molecular complexity index is 732. The van der Waals surface area contributed by atoms with Gasteiger partial charge in [0.1, 0.15) is 0 Å². The first kappa shape index (κ1) is 9.29. The Hall–Kier alpha value is -1.95. The van der Waals surface area contributed by atoms with Gasteiger partial charge in [0.15, 0.2) is 0 Å². The van der Waals surface area contributed by atoms with E-state index < -0.39 is 5.69 Å². The van der Waals surface area contributed by atoms with E-state index in [1.807, 2.05) is 0 Å². The van der Waals surface area contributed by atoms with E-state index in [9.17, 15) is 4.79 Å². The minimum Gasteiger partial charge on any atom is -0.368 e. The molecular weight excluding hydrogens is 230 g/mol. The van der Waals surface area contributed by atoms with Gasteiger partial charge in [-0.2, -0.15) is 9.97 Å². The number of fused-ring (bicyclic) bond motifs is 3. The van der Waals surface area contributed by atoms with Gasteiger partial charge < -0.3 is 5.73 Å². The van der Waals surface area contributed by atoms with Crippen molar-refractivity contribution >= 4 is 29.4 Å². The van der Waals surface area contributed by atoms with E-state index in [4.69, 9.17) is 17.3 Å². The molecule has 1 aliphatic rings. The van der Waals surface area contributed by atoms with Gasteiger partial charge in [0, 0.05) is 11.5 Å². The van der Waals surface area contributed by atoms with Gasteiger partial charge in [-0.3, -0.25) is 0 Å². The fraction of sp³-hybridized carbons (Fsp3) is 0.111. The summed E-state index contributed by atoms with van der Waals surface area (Å²) in [5.41, 5.74) is 5.62. The summed E-state index contributed by atoms with van der Waals surface area (Å²) in [6.07, 6.45) is 3.95. The van der Waals surface area contributed by atoms with Crippen LogP contribution in [-0.2, 0) is 6.42 Å². The number of rotatable bonds is 0. The third-order valence-electron chi connectivity index (χ3n) is 2.35. The van der Waals surface area contributed by atoms with Crippen LogP contribution in [0.2, 0.25) is 0 Å². The molecule has 0 saturated carbocycles. The quantitative estimate of drug-likeness (QED) is 0.649. The number of aromatic nitrogens is 4. The number of nitrogens with zero attached hydrogens (tertiary/aromatic N) is 4. The number of nitrogen functional groups attached to an aromatic ring is 1. The maximum absolute atomic E-state index is 11.6. The molecule has 3 rings (SSSR count). The van der Waals surface area contributed by atoms with Crippen LogP contribution in [0.4, 0.5) is 5.95 Å². The van der Waals surface area contributed by atoms with Crippen molar-refractivity contribution in [3.05, 3.63) is 32.6 Å². The van der Waals surface area contributed by atoms with Crippen molar-refractivity contribution < 1.29 is 0 Å². The van der Waals surface area contributed by atoms with E-state index >= 15 is 0 Å². The first-order chi connectivity index (χ1) is 7.65. The topological polar surface area (TPSA) is 86.2 Å². The van der Waals surface area contributed by atoms with Gasteiger partial charge in [-0.15, -0.1) is 0 Å². The maximum atomic E-state index is 11.6. The molecule has 0 fully saturated rings. The van der Waals surface area contributed by atoms with Gasteiger partial charge in [-0.25, -0.2) is 14.2 Å². The summed E-state index contributed by atoms with van der Waals surface area (Å²) in [5, 5.41) is 1.34. The Morgan fingerprint density at radius 3 is 2.94 bits per heavy atom. The molecule has 2 heterocycles. The van der Waals surface area contributed by atoms with Gasteiger partial charge >= 0.3 is 5.69 Å². The SMILES string of the molecule is Nc1nc(=O)n2c3c(nc2n1)CC(Cl)=CC=3. The first-order valence-corrected chi connectivity index (χ1v) is 4.94. The second kappa shape index (κ2) is 3.02. The molecule has 0 amide bonds. The smallest absolute Gasteiger partial charge is 0.358 e. The predicted molar refractivity (Wildman–Crippen MR) is 58.8 cm³/mol. The Morgan fingerprint density at radius 2 is 2.12 bits per heavy atom. The number of halogens is 1. The van der Waals surface area contributed by atoms with Crippen molar-refractivity contribution in [2.75, 3.05) is 5.73 Å². The summed E-state index contributed by atoms with van der Waals surface area (Å²) in [5.74, 6) is 0.192. The average Bonchev–Trinajstić information content (AvgIpc) is 2.54. The Labute approximate surface area is 94.1 Å². The van der Waals surface area contributed by atoms with Crippen LogP contribution in [0.3, 0.4) is 0 Å². The molecule has 0 radical (unpaired) electrons. The molecule has 0 bridgehead atoms. The summed E-state index contributed by atoms with van der Waals surface area (Å²) in [6, 6.07) is 0. The van der Waals surface area contributed by atoms with E-state index in [1.165, 1.54) is 4.40 Å². The molecule has 16 heavy (non-hydrogen) atoms. The standard InChI is InChI=1S/C9H6ClN5O/c10-4-1-2-6-5(3-4)12-8-13-7(11)14-9(16)15(6)8/h1-2H,3H2,(H2,11,14,16). The monoisotopic (exact) mass is 235 g/mol. The van der Waals surface area contributed by atoms with Gasteiger partial charge in [0.2, 0.25) is 11.7 Å². The molecule has 0 atom stereocenters. The van der Waals surface area contributed by atoms with Crippen LogP contribution in [0.5, 0.6) is 0 Å². The lowest BCUT2D eigenvalue weighted by atomic mass is 10.2. The van der Waals surface area contributed by atoms with Crippen LogP contribution in [0.15, 0.2) is 15.9 Å². The largest absolute Gasteiger partial charge is 0.368 e. The zero-order valence-corrected chi connectivity index (χ0v) is 8.77. The highest BCUT2D eigenvalue weighted by Gasteiger charge is 2.14. The third-order valence-corrected chi connectivity index (χ3v) is 2.61. The van der Waals surface area contributed by atoms with E-state index in [2.05, 4.69) is 15.0 Å². The lowest BCUT2D eigenvalue weighted by Gasteiger charge is -1.99. The molecule has 0 saturated heterocycles. The minimum absolute atomic E-state index is 0.0705. The minimum atomic E-state index is -0.473. The van der Waals surface area contributed by atoms with Crippen LogP contribution in [0.1, 0.15) is 5.69 Å². The van der Waals surface area contributed by atoms with Crippen molar-refractivity contribution in [3.8, 4) is 0 Å². The number of imidazole rings is 1. The average molecular weight is 236 g/mol. The van der Waals surface area contributed by atoms with E-state index in [-0.39, 0.29) is 11.7 Å². The normalized spacial score (nSPS) is 14.4. The number of hydrogen-bond donors (Lipinski definition) is 1. The molecule has 80 valence electrons. The van der Waals surface area contributed by atoms with Gasteiger partial charge in [0.25, 0.3) is 0 Å². The predicted octanol–water partition coefficient (Wildman–Crippen LogP) is -0.755. The molecule has 1 aliphatic carbocycles. The molecule has 2 aromatic rings. The summed E-state index contributed by atoms with van der Waals surface area (Å²) in [6.45, 7) is 0. The molecule has 7 heteroatoms. The fourth-order valence-corrected chi connectivity index (χ4v) is 1.88. The number of allylic oxidation sites excluding steroid dienone is 2. The Morgan fingerprint density at radius 1 is 1.31 bits per heavy atom. The molecule has 0 aromatic carbocycles. The third kappa shape index (κ3) is 1.20. The zero-order valence-electron chi connectivity index (χ0n) is 8.01. The second-order valence-electron chi connectivity index (χ2n) is 3.40. The van der Waals surface area contributed by atoms with E-state index in [1.54, 1.807) is 12.2 Å². The molecule has 0 aliphatic heterocycles. The summed E-state index contributed by atoms with van der Waals surface area (Å²) in [4.78, 5) is 23.3. The van der Waals surface area contributed by atoms with Gasteiger partial charge in [0.05, 0.1) is 11.0 Å². The number of anilines is 1. The summed E-state index contributed by atoms with van der Waals surface area (Å²) < 4.78 is 1.32. The second-order valence-corrected chi connectivity index (χ2v) is 3.89. The molecule has 2 N–H and O–H groups in total. The van der Waals surface area contributed by atoms with Crippen molar-refractivity contribution in [1.82, 2.24) is 19.4 Å². The lowest BCUT2D eigenvalue weighted by molar-refractivity contribution is 0.933. The molecule has 0 spiro atoms. The highest BCUT2D eigenvalue weighted by atomic mass is 35.5. The number of hydrogen-bond acceptors (Lipinski definition) is 5. The van der Waals surface area contributed by atoms with Crippen LogP contribution in [-0.4, -0.2) is 19.4 Å². The molecule has 2 aromatic heterocycles. The highest BCUT2D eigenvalue weighted by Crippen LogP contribution is 2.11. The fourth-order valence-electron chi connectivity index (χ4n) is 1.69. The first-order valence-electron chi connectivity index (χ1n) is 4.56. The van der Waals surface area contributed by atoms with Crippen molar-refractivity contribution in [2.24, 2.45) is 0 Å². The summed E-state index contributed by atoms with van der Waals surface area (Å²) >= 11 is 5.88. The zero-order chi connectivity index (χ0) is 11.3. The van der Waals surface area contributed by atoms with Crippen LogP contribution >= 0.6 is 11.6 Å². The van der Waals surface area contributed by atoms with Crippen molar-refractivity contribution in [1.29, 1.82) is 0 Å². The Balaban J connectivity index is 2.50. The van der Waals surface area contributed by atoms with Gasteiger partial charge in [-0.05, 0) is 12.2 Å². The molecule has 0 unspecified atom stereocenters.